The van der Waals surface area contributed by atoms with Crippen molar-refractivity contribution in [2.45, 2.75) is 49.6 Å². The molecule has 1 N–H and O–H groups in total. The minimum absolute atomic E-state index is 0.0330. The van der Waals surface area contributed by atoms with Crippen molar-refractivity contribution in [3.8, 4) is 0 Å². The number of hydrogen-bond acceptors (Lipinski definition) is 7. The Balaban J connectivity index is 1.26. The van der Waals surface area contributed by atoms with Crippen LogP contribution in [0.2, 0.25) is 0 Å². The summed E-state index contributed by atoms with van der Waals surface area (Å²) in [6.07, 6.45) is 7.44. The van der Waals surface area contributed by atoms with Gasteiger partial charge in [0.25, 0.3) is 5.91 Å². The Morgan fingerprint density at radius 1 is 1.18 bits per heavy atom. The molecule has 3 fully saturated rings. The first kappa shape index (κ1) is 23.0. The van der Waals surface area contributed by atoms with Gasteiger partial charge in [-0.1, -0.05) is 6.42 Å². The molecule has 10 heteroatoms. The highest BCUT2D eigenvalue weighted by Crippen LogP contribution is 2.44. The average Bonchev–Trinajstić information content (AvgIpc) is 3.42. The number of nitrogens with one attached hydrogen (secondary N) is 1. The first-order chi connectivity index (χ1) is 16.2. The normalized spacial score (nSPS) is 26.7. The number of carbonyl (C=O) groups is 1. The zero-order chi connectivity index (χ0) is 24.0. The molecule has 1 aromatic heterocycles. The molecule has 1 aliphatic heterocycles. The monoisotopic (exact) mass is 487 g/mol. The van der Waals surface area contributed by atoms with Crippen LogP contribution in [-0.4, -0.2) is 62.3 Å². The largest absolute Gasteiger partial charge is 0.365 e. The Labute approximate surface area is 199 Å². The highest BCUT2D eigenvalue weighted by molar-refractivity contribution is 7.90. The Morgan fingerprint density at radius 3 is 2.65 bits per heavy atom. The van der Waals surface area contributed by atoms with Gasteiger partial charge in [0, 0.05) is 44.2 Å². The fourth-order valence-electron chi connectivity index (χ4n) is 5.73. The molecule has 2 aromatic rings. The van der Waals surface area contributed by atoms with Crippen LogP contribution < -0.4 is 15.1 Å². The van der Waals surface area contributed by atoms with Crippen LogP contribution in [0.3, 0.4) is 0 Å². The van der Waals surface area contributed by atoms with Crippen LogP contribution in [-0.2, 0) is 9.84 Å². The summed E-state index contributed by atoms with van der Waals surface area (Å²) in [4.78, 5) is 25.7. The van der Waals surface area contributed by atoms with Gasteiger partial charge in [-0.3, -0.25) is 4.79 Å². The highest BCUT2D eigenvalue weighted by atomic mass is 32.2. The van der Waals surface area contributed by atoms with Crippen molar-refractivity contribution in [3.63, 3.8) is 0 Å². The smallest absolute Gasteiger partial charge is 0.270 e. The van der Waals surface area contributed by atoms with Crippen LogP contribution in [0.25, 0.3) is 0 Å². The van der Waals surface area contributed by atoms with Crippen molar-refractivity contribution in [1.29, 1.82) is 0 Å². The van der Waals surface area contributed by atoms with Crippen molar-refractivity contribution < 1.29 is 17.6 Å². The summed E-state index contributed by atoms with van der Waals surface area (Å²) in [5.41, 5.74) is 0.739. The summed E-state index contributed by atoms with van der Waals surface area (Å²) >= 11 is 0. The van der Waals surface area contributed by atoms with E-state index in [4.69, 9.17) is 0 Å². The van der Waals surface area contributed by atoms with E-state index in [0.717, 1.165) is 24.7 Å². The van der Waals surface area contributed by atoms with Crippen molar-refractivity contribution in [3.05, 3.63) is 42.0 Å². The third kappa shape index (κ3) is 4.47. The number of nitrogens with zero attached hydrogens (tertiary/aromatic N) is 4. The van der Waals surface area contributed by atoms with Gasteiger partial charge in [-0.2, -0.15) is 0 Å². The van der Waals surface area contributed by atoms with Gasteiger partial charge in [0.1, 0.15) is 11.5 Å². The van der Waals surface area contributed by atoms with Gasteiger partial charge in [-0.05, 0) is 62.3 Å². The molecule has 34 heavy (non-hydrogen) atoms. The predicted molar refractivity (Wildman–Crippen MR) is 127 cm³/mol. The van der Waals surface area contributed by atoms with Gasteiger partial charge in [0.2, 0.25) is 5.95 Å². The molecular weight excluding hydrogens is 457 g/mol. The predicted octanol–water partition coefficient (Wildman–Crippen LogP) is 2.65. The third-order valence-electron chi connectivity index (χ3n) is 7.50. The second kappa shape index (κ2) is 8.79. The van der Waals surface area contributed by atoms with Crippen LogP contribution in [0, 0.1) is 17.7 Å². The van der Waals surface area contributed by atoms with Crippen molar-refractivity contribution >= 4 is 27.4 Å². The van der Waals surface area contributed by atoms with E-state index in [1.165, 1.54) is 31.4 Å². The van der Waals surface area contributed by atoms with E-state index in [1.807, 2.05) is 16.7 Å². The van der Waals surface area contributed by atoms with Gasteiger partial charge < -0.3 is 15.1 Å². The number of carbonyl (C=O) groups excluding carboxylic acids is 1. The number of rotatable bonds is 5. The molecule has 8 nitrogen and oxygen atoms in total. The number of hydrogen-bond donors (Lipinski definition) is 1. The Morgan fingerprint density at radius 2 is 2.00 bits per heavy atom. The molecule has 2 bridgehead atoms. The van der Waals surface area contributed by atoms with Gasteiger partial charge in [0.05, 0.1) is 10.6 Å². The number of piperazine rings is 1. The minimum atomic E-state index is -3.47. The second-order valence-corrected chi connectivity index (χ2v) is 11.9. The standard InChI is InChI=1S/C24H30FN5O3S/c1-15-14-29(22-6-5-18(13-19(22)25)34(2,32)33)9-10-30(15)24-26-8-7-20(28-24)23(31)27-21-12-16-3-4-17(21)11-16/h5-8,13,15-17,21H,3-4,9-12,14H2,1-2H3,(H,27,31)/t15-,16?,17-,21?/m1/s1. The second-order valence-electron chi connectivity index (χ2n) is 9.87. The van der Waals surface area contributed by atoms with Gasteiger partial charge in [-0.15, -0.1) is 0 Å². The van der Waals surface area contributed by atoms with Crippen LogP contribution in [0.4, 0.5) is 16.0 Å². The van der Waals surface area contributed by atoms with E-state index < -0.39 is 15.7 Å². The number of sulfone groups is 1. The fourth-order valence-corrected chi connectivity index (χ4v) is 6.36. The lowest BCUT2D eigenvalue weighted by atomic mass is 9.95. The lowest BCUT2D eigenvalue weighted by Gasteiger charge is -2.41. The van der Waals surface area contributed by atoms with Crippen molar-refractivity contribution in [2.75, 3.05) is 35.7 Å². The fraction of sp³-hybridized carbons (Fsp3) is 0.542. The van der Waals surface area contributed by atoms with Gasteiger partial charge in [0.15, 0.2) is 9.84 Å². The molecule has 1 amide bonds. The topological polar surface area (TPSA) is 95.5 Å². The van der Waals surface area contributed by atoms with Crippen LogP contribution >= 0.6 is 0 Å². The van der Waals surface area contributed by atoms with E-state index in [0.29, 0.717) is 42.9 Å². The molecule has 5 rings (SSSR count). The minimum Gasteiger partial charge on any atom is -0.365 e. The zero-order valence-electron chi connectivity index (χ0n) is 19.4. The van der Waals surface area contributed by atoms with E-state index >= 15 is 0 Å². The number of amides is 1. The molecular formula is C24H30FN5O3S. The number of benzene rings is 1. The van der Waals surface area contributed by atoms with E-state index in [1.54, 1.807) is 12.3 Å². The Bertz CT molecular complexity index is 1210. The molecule has 2 heterocycles. The van der Waals surface area contributed by atoms with E-state index in [2.05, 4.69) is 15.3 Å². The molecule has 0 spiro atoms. The van der Waals surface area contributed by atoms with Crippen molar-refractivity contribution in [1.82, 2.24) is 15.3 Å². The molecule has 2 saturated carbocycles. The maximum atomic E-state index is 14.7. The summed E-state index contributed by atoms with van der Waals surface area (Å²) in [6.45, 7) is 3.58. The first-order valence-electron chi connectivity index (χ1n) is 11.8. The lowest BCUT2D eigenvalue weighted by molar-refractivity contribution is 0.0917. The maximum absolute atomic E-state index is 14.7. The zero-order valence-corrected chi connectivity index (χ0v) is 20.3. The van der Waals surface area contributed by atoms with Crippen LogP contribution in [0.5, 0.6) is 0 Å². The average molecular weight is 488 g/mol. The first-order valence-corrected chi connectivity index (χ1v) is 13.7. The molecule has 0 radical (unpaired) electrons. The SMILES string of the molecule is C[C@@H]1CN(c2ccc(S(C)(=O)=O)cc2F)CCN1c1nccc(C(=O)NC2CC3CC[C@@H]2C3)n1. The van der Waals surface area contributed by atoms with E-state index in [9.17, 15) is 17.6 Å². The molecule has 1 aromatic carbocycles. The highest BCUT2D eigenvalue weighted by Gasteiger charge is 2.40. The summed E-state index contributed by atoms with van der Waals surface area (Å²) < 4.78 is 38.1. The third-order valence-corrected chi connectivity index (χ3v) is 8.61. The Hall–Kier alpha value is -2.75. The quantitative estimate of drug-likeness (QED) is 0.693. The Kier molecular flexibility index (Phi) is 5.95. The number of fused-ring (bicyclic) bond motifs is 2. The maximum Gasteiger partial charge on any atom is 0.270 e. The lowest BCUT2D eigenvalue weighted by Crippen LogP contribution is -2.53. The number of aromatic nitrogens is 2. The van der Waals surface area contributed by atoms with Gasteiger partial charge in [-0.25, -0.2) is 22.8 Å². The molecule has 2 unspecified atom stereocenters. The van der Waals surface area contributed by atoms with E-state index in [-0.39, 0.29) is 22.9 Å². The summed E-state index contributed by atoms with van der Waals surface area (Å²) in [7, 11) is -3.47. The molecule has 3 aliphatic rings. The summed E-state index contributed by atoms with van der Waals surface area (Å²) in [5, 5.41) is 3.18. The molecule has 182 valence electrons. The molecule has 2 aliphatic carbocycles. The van der Waals surface area contributed by atoms with Crippen LogP contribution in [0.15, 0.2) is 35.4 Å². The summed E-state index contributed by atoms with van der Waals surface area (Å²) in [5.74, 6) is 1.12. The molecule has 1 saturated heterocycles. The summed E-state index contributed by atoms with van der Waals surface area (Å²) in [6, 6.07) is 5.88. The molecule has 4 atom stereocenters. The van der Waals surface area contributed by atoms with Crippen LogP contribution in [0.1, 0.15) is 43.1 Å². The number of anilines is 2. The van der Waals surface area contributed by atoms with Crippen molar-refractivity contribution in [2.24, 2.45) is 11.8 Å². The van der Waals surface area contributed by atoms with Gasteiger partial charge >= 0.3 is 0 Å². The number of halogens is 1.